The van der Waals surface area contributed by atoms with Crippen LogP contribution in [-0.2, 0) is 0 Å². The normalized spacial score (nSPS) is 18.0. The number of nitrogen functional groups attached to an aromatic ring is 1. The van der Waals surface area contributed by atoms with Gasteiger partial charge in [0.1, 0.15) is 0 Å². The van der Waals surface area contributed by atoms with Gasteiger partial charge in [-0.3, -0.25) is 0 Å². The molecule has 0 bridgehead atoms. The predicted molar refractivity (Wildman–Crippen MR) is 66.7 cm³/mol. The highest BCUT2D eigenvalue weighted by atomic mass is 32.2. The fraction of sp³-hybridized carbons (Fsp3) is 0.455. The molecule has 2 N–H and O–H groups in total. The minimum absolute atomic E-state index is 0.620. The first-order valence-electron chi connectivity index (χ1n) is 5.51. The molecule has 4 nitrogen and oxygen atoms in total. The van der Waals surface area contributed by atoms with Gasteiger partial charge in [-0.15, -0.1) is 0 Å². The Hall–Kier alpha value is -1.23. The Morgan fingerprint density at radius 1 is 1.31 bits per heavy atom. The van der Waals surface area contributed by atoms with Gasteiger partial charge in [-0.1, -0.05) is 0 Å². The largest absolute Gasteiger partial charge is 0.396 e. The molecule has 1 aliphatic rings. The molecule has 16 heavy (non-hydrogen) atoms. The number of hydrogen-bond donors (Lipinski definition) is 1. The van der Waals surface area contributed by atoms with Crippen molar-refractivity contribution in [2.75, 3.05) is 17.2 Å². The smallest absolute Gasteiger partial charge is 0.158 e. The molecule has 1 saturated heterocycles. The molecule has 5 heteroatoms. The minimum atomic E-state index is 0.620. The van der Waals surface area contributed by atoms with Gasteiger partial charge < -0.3 is 5.73 Å². The molecule has 1 aliphatic heterocycles. The number of nitrogens with two attached hydrogens (primary N) is 1. The molecule has 3 heterocycles. The van der Waals surface area contributed by atoms with Crippen LogP contribution in [0.15, 0.2) is 18.6 Å². The molecule has 1 fully saturated rings. The number of rotatable bonds is 1. The van der Waals surface area contributed by atoms with Gasteiger partial charge in [-0.05, 0) is 30.3 Å². The van der Waals surface area contributed by atoms with Gasteiger partial charge in [0.25, 0.3) is 0 Å². The Bertz CT molecular complexity index is 502. The lowest BCUT2D eigenvalue weighted by Gasteiger charge is -2.19. The van der Waals surface area contributed by atoms with Crippen molar-refractivity contribution in [2.24, 2.45) is 0 Å². The van der Waals surface area contributed by atoms with E-state index in [0.29, 0.717) is 11.6 Å². The SMILES string of the molecule is Nc1cnc2c(C3CCSCC3)cnn2c1. The van der Waals surface area contributed by atoms with Gasteiger partial charge in [0.15, 0.2) is 5.65 Å². The van der Waals surface area contributed by atoms with Crippen molar-refractivity contribution < 1.29 is 0 Å². The monoisotopic (exact) mass is 234 g/mol. The zero-order valence-corrected chi connectivity index (χ0v) is 9.78. The number of nitrogens with zero attached hydrogens (tertiary/aromatic N) is 3. The van der Waals surface area contributed by atoms with Gasteiger partial charge in [0, 0.05) is 5.56 Å². The molecule has 0 unspecified atom stereocenters. The first-order valence-corrected chi connectivity index (χ1v) is 6.66. The number of hydrogen-bond acceptors (Lipinski definition) is 4. The summed E-state index contributed by atoms with van der Waals surface area (Å²) >= 11 is 2.04. The summed E-state index contributed by atoms with van der Waals surface area (Å²) in [4.78, 5) is 4.38. The zero-order valence-electron chi connectivity index (χ0n) is 8.97. The van der Waals surface area contributed by atoms with Crippen molar-refractivity contribution in [3.05, 3.63) is 24.2 Å². The van der Waals surface area contributed by atoms with Crippen LogP contribution in [0.5, 0.6) is 0 Å². The van der Waals surface area contributed by atoms with Crippen LogP contribution in [0.4, 0.5) is 5.69 Å². The molecular formula is C11H14N4S. The summed E-state index contributed by atoms with van der Waals surface area (Å²) in [5.41, 5.74) is 8.58. The molecule has 3 rings (SSSR count). The third-order valence-electron chi connectivity index (χ3n) is 3.06. The van der Waals surface area contributed by atoms with E-state index in [-0.39, 0.29) is 0 Å². The molecule has 0 aromatic carbocycles. The quantitative estimate of drug-likeness (QED) is 0.819. The van der Waals surface area contributed by atoms with Crippen molar-refractivity contribution in [2.45, 2.75) is 18.8 Å². The van der Waals surface area contributed by atoms with E-state index in [4.69, 9.17) is 5.73 Å². The van der Waals surface area contributed by atoms with Crippen LogP contribution in [0.1, 0.15) is 24.3 Å². The Labute approximate surface area is 98.2 Å². The van der Waals surface area contributed by atoms with E-state index < -0.39 is 0 Å². The fourth-order valence-electron chi connectivity index (χ4n) is 2.20. The summed E-state index contributed by atoms with van der Waals surface area (Å²) < 4.78 is 1.78. The highest BCUT2D eigenvalue weighted by Gasteiger charge is 2.20. The summed E-state index contributed by atoms with van der Waals surface area (Å²) in [6, 6.07) is 0. The first kappa shape index (κ1) is 9.96. The summed E-state index contributed by atoms with van der Waals surface area (Å²) in [5, 5.41) is 4.32. The summed E-state index contributed by atoms with van der Waals surface area (Å²) in [6.45, 7) is 0. The first-order chi connectivity index (χ1) is 7.84. The Balaban J connectivity index is 2.03. The lowest BCUT2D eigenvalue weighted by atomic mass is 9.96. The number of aromatic nitrogens is 3. The van der Waals surface area contributed by atoms with Crippen LogP contribution >= 0.6 is 11.8 Å². The zero-order chi connectivity index (χ0) is 11.0. The van der Waals surface area contributed by atoms with Crippen molar-refractivity contribution in [1.29, 1.82) is 0 Å². The van der Waals surface area contributed by atoms with E-state index >= 15 is 0 Å². The third kappa shape index (κ3) is 1.65. The van der Waals surface area contributed by atoms with Crippen molar-refractivity contribution in [3.8, 4) is 0 Å². The second-order valence-corrected chi connectivity index (χ2v) is 5.37. The number of anilines is 1. The third-order valence-corrected chi connectivity index (χ3v) is 4.11. The molecular weight excluding hydrogens is 220 g/mol. The lowest BCUT2D eigenvalue weighted by molar-refractivity contribution is 0.640. The van der Waals surface area contributed by atoms with Gasteiger partial charge >= 0.3 is 0 Å². The maximum absolute atomic E-state index is 5.68. The molecule has 0 radical (unpaired) electrons. The van der Waals surface area contributed by atoms with Crippen molar-refractivity contribution in [1.82, 2.24) is 14.6 Å². The minimum Gasteiger partial charge on any atom is -0.396 e. The van der Waals surface area contributed by atoms with Gasteiger partial charge in [0.05, 0.1) is 24.3 Å². The molecule has 0 saturated carbocycles. The van der Waals surface area contributed by atoms with E-state index in [2.05, 4.69) is 10.1 Å². The average Bonchev–Trinajstić information content (AvgIpc) is 2.73. The van der Waals surface area contributed by atoms with E-state index in [1.54, 1.807) is 10.7 Å². The lowest BCUT2D eigenvalue weighted by Crippen LogP contribution is -2.08. The van der Waals surface area contributed by atoms with E-state index in [9.17, 15) is 0 Å². The van der Waals surface area contributed by atoms with Crippen LogP contribution in [0.3, 0.4) is 0 Å². The Morgan fingerprint density at radius 2 is 2.12 bits per heavy atom. The highest BCUT2D eigenvalue weighted by Crippen LogP contribution is 2.33. The number of fused-ring (bicyclic) bond motifs is 1. The molecule has 84 valence electrons. The molecule has 0 atom stereocenters. The summed E-state index contributed by atoms with van der Waals surface area (Å²) in [6.07, 6.45) is 7.94. The highest BCUT2D eigenvalue weighted by molar-refractivity contribution is 7.99. The van der Waals surface area contributed by atoms with Crippen molar-refractivity contribution in [3.63, 3.8) is 0 Å². The van der Waals surface area contributed by atoms with Gasteiger partial charge in [0.2, 0.25) is 0 Å². The maximum atomic E-state index is 5.68. The molecule has 0 amide bonds. The molecule has 0 spiro atoms. The molecule has 2 aromatic heterocycles. The van der Waals surface area contributed by atoms with Crippen LogP contribution in [-0.4, -0.2) is 26.1 Å². The summed E-state index contributed by atoms with van der Waals surface area (Å²) in [7, 11) is 0. The van der Waals surface area contributed by atoms with Crippen LogP contribution in [0, 0.1) is 0 Å². The maximum Gasteiger partial charge on any atom is 0.158 e. The van der Waals surface area contributed by atoms with E-state index in [1.807, 2.05) is 24.2 Å². The topological polar surface area (TPSA) is 56.2 Å². The van der Waals surface area contributed by atoms with Crippen molar-refractivity contribution >= 4 is 23.1 Å². The number of thioether (sulfide) groups is 1. The van der Waals surface area contributed by atoms with Crippen LogP contribution in [0.25, 0.3) is 5.65 Å². The van der Waals surface area contributed by atoms with Crippen LogP contribution in [0.2, 0.25) is 0 Å². The Morgan fingerprint density at radius 3 is 2.94 bits per heavy atom. The second kappa shape index (κ2) is 3.97. The van der Waals surface area contributed by atoms with Gasteiger partial charge in [-0.2, -0.15) is 16.9 Å². The van der Waals surface area contributed by atoms with Crippen LogP contribution < -0.4 is 5.73 Å². The second-order valence-electron chi connectivity index (χ2n) is 4.14. The fourth-order valence-corrected chi connectivity index (χ4v) is 3.31. The Kier molecular flexibility index (Phi) is 2.47. The summed E-state index contributed by atoms with van der Waals surface area (Å²) in [5.74, 6) is 3.11. The molecule has 2 aromatic rings. The van der Waals surface area contributed by atoms with E-state index in [0.717, 1.165) is 5.65 Å². The van der Waals surface area contributed by atoms with E-state index in [1.165, 1.54) is 29.9 Å². The predicted octanol–water partition coefficient (Wildman–Crippen LogP) is 1.92. The standard InChI is InChI=1S/C11H14N4S/c12-9-5-13-11-10(6-14-15(11)7-9)8-1-3-16-4-2-8/h5-8H,1-4,12H2. The molecule has 0 aliphatic carbocycles. The average molecular weight is 234 g/mol. The van der Waals surface area contributed by atoms with Gasteiger partial charge in [-0.25, -0.2) is 9.50 Å².